The van der Waals surface area contributed by atoms with Crippen LogP contribution in [0.15, 0.2) is 59.5 Å². The van der Waals surface area contributed by atoms with E-state index in [0.29, 0.717) is 16.5 Å². The summed E-state index contributed by atoms with van der Waals surface area (Å²) < 4.78 is 12.9. The van der Waals surface area contributed by atoms with E-state index in [2.05, 4.69) is 4.98 Å². The fraction of sp³-hybridized carbons (Fsp3) is 0. The summed E-state index contributed by atoms with van der Waals surface area (Å²) in [6, 6.07) is 13.2. The van der Waals surface area contributed by atoms with Crippen molar-refractivity contribution in [1.82, 2.24) is 4.98 Å². The Morgan fingerprint density at radius 1 is 0.944 bits per heavy atom. The fourth-order valence-corrected chi connectivity index (χ4v) is 2.01. The molecule has 0 aliphatic rings. The van der Waals surface area contributed by atoms with E-state index < -0.39 is 0 Å². The van der Waals surface area contributed by atoms with E-state index in [1.54, 1.807) is 24.4 Å². The van der Waals surface area contributed by atoms with Gasteiger partial charge in [0.1, 0.15) is 5.82 Å². The van der Waals surface area contributed by atoms with Gasteiger partial charge in [0.05, 0.1) is 0 Å². The lowest BCUT2D eigenvalue weighted by Crippen LogP contribution is -2.06. The third kappa shape index (κ3) is 1.70. The van der Waals surface area contributed by atoms with Crippen LogP contribution in [0.2, 0.25) is 0 Å². The van der Waals surface area contributed by atoms with Crippen molar-refractivity contribution >= 4 is 10.9 Å². The summed E-state index contributed by atoms with van der Waals surface area (Å²) in [4.78, 5) is 15.4. The number of benzene rings is 2. The van der Waals surface area contributed by atoms with Crippen LogP contribution < -0.4 is 5.43 Å². The predicted octanol–water partition coefficient (Wildman–Crippen LogP) is 3.33. The van der Waals surface area contributed by atoms with E-state index in [-0.39, 0.29) is 11.2 Å². The van der Waals surface area contributed by atoms with E-state index in [0.717, 1.165) is 5.52 Å². The second-order valence-electron chi connectivity index (χ2n) is 4.08. The van der Waals surface area contributed by atoms with E-state index in [1.165, 1.54) is 12.1 Å². The Morgan fingerprint density at radius 2 is 1.67 bits per heavy atom. The maximum absolute atomic E-state index is 12.9. The highest BCUT2D eigenvalue weighted by molar-refractivity contribution is 5.83. The lowest BCUT2D eigenvalue weighted by molar-refractivity contribution is 0.628. The fourth-order valence-electron chi connectivity index (χ4n) is 2.01. The molecule has 3 aromatic rings. The summed E-state index contributed by atoms with van der Waals surface area (Å²) in [6.07, 6.45) is 1.66. The normalized spacial score (nSPS) is 10.7. The molecule has 0 bridgehead atoms. The number of hydrogen-bond acceptors (Lipinski definition) is 1. The van der Waals surface area contributed by atoms with Crippen LogP contribution in [0.4, 0.5) is 4.39 Å². The molecule has 0 atom stereocenters. The second-order valence-corrected chi connectivity index (χ2v) is 4.08. The summed E-state index contributed by atoms with van der Waals surface area (Å²) in [7, 11) is 0. The number of pyridine rings is 1. The molecule has 0 spiro atoms. The average Bonchev–Trinajstić information content (AvgIpc) is 2.41. The quantitative estimate of drug-likeness (QED) is 0.694. The summed E-state index contributed by atoms with van der Waals surface area (Å²) >= 11 is 0. The van der Waals surface area contributed by atoms with Crippen molar-refractivity contribution < 1.29 is 4.39 Å². The topological polar surface area (TPSA) is 32.9 Å². The van der Waals surface area contributed by atoms with E-state index in [1.807, 2.05) is 18.2 Å². The minimum absolute atomic E-state index is 0.0454. The van der Waals surface area contributed by atoms with Crippen molar-refractivity contribution in [3.8, 4) is 11.1 Å². The summed E-state index contributed by atoms with van der Waals surface area (Å²) in [5.41, 5.74) is 2.02. The van der Waals surface area contributed by atoms with Crippen LogP contribution in [0.5, 0.6) is 0 Å². The molecule has 0 saturated heterocycles. The Kier molecular flexibility index (Phi) is 2.45. The van der Waals surface area contributed by atoms with Gasteiger partial charge in [0.25, 0.3) is 0 Å². The molecule has 18 heavy (non-hydrogen) atoms. The number of nitrogens with one attached hydrogen (secondary N) is 1. The third-order valence-electron chi connectivity index (χ3n) is 2.94. The molecule has 1 N–H and O–H groups in total. The van der Waals surface area contributed by atoms with E-state index in [4.69, 9.17) is 0 Å². The van der Waals surface area contributed by atoms with Gasteiger partial charge in [-0.2, -0.15) is 0 Å². The molecule has 88 valence electrons. The Balaban J connectivity index is 2.27. The van der Waals surface area contributed by atoms with Gasteiger partial charge in [0.15, 0.2) is 5.43 Å². The largest absolute Gasteiger partial charge is 0.360 e. The smallest absolute Gasteiger partial charge is 0.197 e. The Labute approximate surface area is 103 Å². The number of hydrogen-bond donors (Lipinski definition) is 1. The molecule has 2 aromatic carbocycles. The molecular formula is C15H10FNO. The maximum atomic E-state index is 12.9. The van der Waals surface area contributed by atoms with Crippen molar-refractivity contribution in [2.24, 2.45) is 0 Å². The lowest BCUT2D eigenvalue weighted by Gasteiger charge is -2.03. The maximum Gasteiger partial charge on any atom is 0.197 e. The van der Waals surface area contributed by atoms with Crippen molar-refractivity contribution in [3.63, 3.8) is 0 Å². The highest BCUT2D eigenvalue weighted by Crippen LogP contribution is 2.17. The average molecular weight is 239 g/mol. The number of halogens is 1. The van der Waals surface area contributed by atoms with Crippen molar-refractivity contribution in [2.75, 3.05) is 0 Å². The van der Waals surface area contributed by atoms with Gasteiger partial charge in [-0.25, -0.2) is 4.39 Å². The molecule has 0 saturated carbocycles. The zero-order chi connectivity index (χ0) is 12.5. The first-order chi connectivity index (χ1) is 8.75. The molecule has 3 rings (SSSR count). The first kappa shape index (κ1) is 10.7. The molecule has 0 fully saturated rings. The lowest BCUT2D eigenvalue weighted by atomic mass is 10.0. The van der Waals surface area contributed by atoms with Gasteiger partial charge >= 0.3 is 0 Å². The minimum Gasteiger partial charge on any atom is -0.360 e. The molecule has 0 aliphatic heterocycles. The number of H-pyrrole nitrogens is 1. The van der Waals surface area contributed by atoms with Crippen LogP contribution in [0.25, 0.3) is 22.0 Å². The zero-order valence-electron chi connectivity index (χ0n) is 9.48. The third-order valence-corrected chi connectivity index (χ3v) is 2.94. The molecular weight excluding hydrogens is 229 g/mol. The SMILES string of the molecule is O=c1c(-c2ccc(F)cc2)c[nH]c2ccccc12. The van der Waals surface area contributed by atoms with Gasteiger partial charge in [-0.15, -0.1) is 0 Å². The van der Waals surface area contributed by atoms with Crippen LogP contribution in [0, 0.1) is 5.82 Å². The van der Waals surface area contributed by atoms with Gasteiger partial charge in [-0.1, -0.05) is 24.3 Å². The minimum atomic E-state index is -0.309. The molecule has 1 heterocycles. The molecule has 0 unspecified atom stereocenters. The van der Waals surface area contributed by atoms with Crippen LogP contribution in [0.1, 0.15) is 0 Å². The van der Waals surface area contributed by atoms with Gasteiger partial charge in [-0.05, 0) is 29.8 Å². The number of fused-ring (bicyclic) bond motifs is 1. The predicted molar refractivity (Wildman–Crippen MR) is 70.0 cm³/mol. The van der Waals surface area contributed by atoms with E-state index >= 15 is 0 Å². The molecule has 3 heteroatoms. The highest BCUT2D eigenvalue weighted by Gasteiger charge is 2.06. The van der Waals surface area contributed by atoms with Gasteiger partial charge < -0.3 is 4.98 Å². The number of rotatable bonds is 1. The van der Waals surface area contributed by atoms with Crippen molar-refractivity contribution in [3.05, 3.63) is 70.8 Å². The Bertz CT molecular complexity index is 759. The summed E-state index contributed by atoms with van der Waals surface area (Å²) in [5, 5.41) is 0.638. The Morgan fingerprint density at radius 3 is 2.44 bits per heavy atom. The Hall–Kier alpha value is -2.42. The summed E-state index contributed by atoms with van der Waals surface area (Å²) in [5.74, 6) is -0.309. The monoisotopic (exact) mass is 239 g/mol. The van der Waals surface area contributed by atoms with Crippen LogP contribution in [-0.4, -0.2) is 4.98 Å². The highest BCUT2D eigenvalue weighted by atomic mass is 19.1. The van der Waals surface area contributed by atoms with Crippen LogP contribution in [0.3, 0.4) is 0 Å². The zero-order valence-corrected chi connectivity index (χ0v) is 9.48. The first-order valence-electron chi connectivity index (χ1n) is 5.62. The molecule has 0 aliphatic carbocycles. The number of aromatic nitrogens is 1. The van der Waals surface area contributed by atoms with Gasteiger partial charge in [0.2, 0.25) is 0 Å². The number of para-hydroxylation sites is 1. The molecule has 1 aromatic heterocycles. The van der Waals surface area contributed by atoms with Gasteiger partial charge in [0, 0.05) is 22.7 Å². The second kappa shape index (κ2) is 4.11. The van der Waals surface area contributed by atoms with Crippen LogP contribution >= 0.6 is 0 Å². The van der Waals surface area contributed by atoms with Crippen molar-refractivity contribution in [2.45, 2.75) is 0 Å². The summed E-state index contributed by atoms with van der Waals surface area (Å²) in [6.45, 7) is 0. The van der Waals surface area contributed by atoms with Crippen LogP contribution in [-0.2, 0) is 0 Å². The molecule has 2 nitrogen and oxygen atoms in total. The molecule has 0 radical (unpaired) electrons. The molecule has 0 amide bonds. The van der Waals surface area contributed by atoms with Gasteiger partial charge in [-0.3, -0.25) is 4.79 Å². The first-order valence-corrected chi connectivity index (χ1v) is 5.62. The number of aromatic amines is 1. The van der Waals surface area contributed by atoms with Crippen molar-refractivity contribution in [1.29, 1.82) is 0 Å². The standard InChI is InChI=1S/C15H10FNO/c16-11-7-5-10(6-8-11)13-9-17-14-4-2-1-3-12(14)15(13)18/h1-9H,(H,17,18). The van der Waals surface area contributed by atoms with E-state index in [9.17, 15) is 9.18 Å².